The summed E-state index contributed by atoms with van der Waals surface area (Å²) >= 11 is 2.16. The fraction of sp³-hybridized carbons (Fsp3) is 0.647. The molecule has 1 fully saturated rings. The Balaban J connectivity index is 1.65. The first kappa shape index (κ1) is 14.9. The Morgan fingerprint density at radius 3 is 3.00 bits per heavy atom. The molecule has 1 N–H and O–H groups in total. The summed E-state index contributed by atoms with van der Waals surface area (Å²) in [7, 11) is 0. The number of thioether (sulfide) groups is 1. The maximum atomic E-state index is 3.72. The Bertz CT molecular complexity index is 371. The van der Waals surface area contributed by atoms with Gasteiger partial charge in [0.25, 0.3) is 0 Å². The van der Waals surface area contributed by atoms with E-state index in [9.17, 15) is 0 Å². The highest BCUT2D eigenvalue weighted by atomic mass is 32.2. The van der Waals surface area contributed by atoms with Crippen molar-refractivity contribution in [3.8, 4) is 0 Å². The second-order valence-corrected chi connectivity index (χ2v) is 7.23. The molecule has 1 heterocycles. The third-order valence-corrected chi connectivity index (χ3v) is 5.31. The van der Waals surface area contributed by atoms with Crippen LogP contribution in [0.3, 0.4) is 0 Å². The van der Waals surface area contributed by atoms with Gasteiger partial charge in [-0.05, 0) is 50.8 Å². The van der Waals surface area contributed by atoms with Gasteiger partial charge >= 0.3 is 0 Å². The number of rotatable bonds is 6. The van der Waals surface area contributed by atoms with Crippen molar-refractivity contribution in [2.75, 3.05) is 12.3 Å². The zero-order chi connectivity index (χ0) is 13.5. The van der Waals surface area contributed by atoms with E-state index in [1.54, 1.807) is 0 Å². The topological polar surface area (TPSA) is 12.0 Å². The molecule has 0 aromatic heterocycles. The lowest BCUT2D eigenvalue weighted by Crippen LogP contribution is -2.33. The van der Waals surface area contributed by atoms with Crippen LogP contribution in [0.15, 0.2) is 24.3 Å². The largest absolute Gasteiger partial charge is 0.313 e. The standard InChI is InChI=1S/C17H27NS/c1-14-6-5-7-16(12-14)10-9-15(2)18-13-17-8-3-4-11-19-17/h5-7,12,15,17-18H,3-4,8-11,13H2,1-2H3. The number of aryl methyl sites for hydroxylation is 2. The minimum Gasteiger partial charge on any atom is -0.313 e. The summed E-state index contributed by atoms with van der Waals surface area (Å²) in [5.41, 5.74) is 2.84. The third-order valence-electron chi connectivity index (χ3n) is 3.92. The predicted octanol–water partition coefficient (Wildman–Crippen LogP) is 4.19. The van der Waals surface area contributed by atoms with E-state index >= 15 is 0 Å². The molecule has 1 aromatic carbocycles. The summed E-state index contributed by atoms with van der Waals surface area (Å²) in [6.07, 6.45) is 6.68. The highest BCUT2D eigenvalue weighted by Gasteiger charge is 2.14. The van der Waals surface area contributed by atoms with Crippen LogP contribution in [0, 0.1) is 6.92 Å². The molecule has 2 rings (SSSR count). The molecule has 2 unspecified atom stereocenters. The van der Waals surface area contributed by atoms with E-state index in [1.807, 2.05) is 0 Å². The molecule has 106 valence electrons. The molecule has 0 spiro atoms. The van der Waals surface area contributed by atoms with Crippen LogP contribution in [0.25, 0.3) is 0 Å². The van der Waals surface area contributed by atoms with Gasteiger partial charge in [-0.25, -0.2) is 0 Å². The van der Waals surface area contributed by atoms with Gasteiger partial charge in [0.15, 0.2) is 0 Å². The minimum atomic E-state index is 0.628. The first-order chi connectivity index (χ1) is 9.24. The van der Waals surface area contributed by atoms with E-state index in [1.165, 1.54) is 55.5 Å². The molecule has 1 aromatic rings. The lowest BCUT2D eigenvalue weighted by molar-refractivity contribution is 0.497. The number of nitrogens with one attached hydrogen (secondary N) is 1. The van der Waals surface area contributed by atoms with Crippen LogP contribution in [0.2, 0.25) is 0 Å². The molecule has 0 saturated carbocycles. The number of hydrogen-bond donors (Lipinski definition) is 1. The van der Waals surface area contributed by atoms with Crippen LogP contribution in [0.1, 0.15) is 43.7 Å². The van der Waals surface area contributed by atoms with E-state index in [0.29, 0.717) is 6.04 Å². The molecule has 19 heavy (non-hydrogen) atoms. The highest BCUT2D eigenvalue weighted by Crippen LogP contribution is 2.24. The number of hydrogen-bond acceptors (Lipinski definition) is 2. The third kappa shape index (κ3) is 5.58. The van der Waals surface area contributed by atoms with Gasteiger partial charge in [0.05, 0.1) is 0 Å². The molecule has 0 radical (unpaired) electrons. The maximum Gasteiger partial charge on any atom is 0.0172 e. The van der Waals surface area contributed by atoms with Crippen LogP contribution in [0.5, 0.6) is 0 Å². The van der Waals surface area contributed by atoms with Crippen molar-refractivity contribution in [2.24, 2.45) is 0 Å². The molecule has 0 amide bonds. The number of benzene rings is 1. The van der Waals surface area contributed by atoms with Gasteiger partial charge in [0.2, 0.25) is 0 Å². The van der Waals surface area contributed by atoms with Gasteiger partial charge in [-0.1, -0.05) is 36.2 Å². The van der Waals surface area contributed by atoms with E-state index in [2.05, 4.69) is 55.2 Å². The maximum absolute atomic E-state index is 3.72. The Morgan fingerprint density at radius 1 is 1.37 bits per heavy atom. The zero-order valence-electron chi connectivity index (χ0n) is 12.3. The summed E-state index contributed by atoms with van der Waals surface area (Å²) < 4.78 is 0. The Kier molecular flexibility index (Phi) is 6.25. The summed E-state index contributed by atoms with van der Waals surface area (Å²) in [4.78, 5) is 0. The monoisotopic (exact) mass is 277 g/mol. The quantitative estimate of drug-likeness (QED) is 0.836. The van der Waals surface area contributed by atoms with Crippen molar-refractivity contribution in [1.29, 1.82) is 0 Å². The molecule has 0 aliphatic carbocycles. The van der Waals surface area contributed by atoms with Gasteiger partial charge in [0.1, 0.15) is 0 Å². The molecule has 1 aliphatic heterocycles. The molecule has 2 heteroatoms. The lowest BCUT2D eigenvalue weighted by atomic mass is 10.0. The average molecular weight is 277 g/mol. The summed E-state index contributed by atoms with van der Waals surface area (Å²) in [6.45, 7) is 5.69. The van der Waals surface area contributed by atoms with Gasteiger partial charge in [0, 0.05) is 17.8 Å². The van der Waals surface area contributed by atoms with Crippen molar-refractivity contribution in [2.45, 2.75) is 57.2 Å². The van der Waals surface area contributed by atoms with Gasteiger partial charge in [-0.3, -0.25) is 0 Å². The van der Waals surface area contributed by atoms with Crippen molar-refractivity contribution < 1.29 is 0 Å². The van der Waals surface area contributed by atoms with Gasteiger partial charge in [-0.15, -0.1) is 0 Å². The van der Waals surface area contributed by atoms with E-state index < -0.39 is 0 Å². The van der Waals surface area contributed by atoms with Crippen LogP contribution < -0.4 is 5.32 Å². The van der Waals surface area contributed by atoms with Crippen molar-refractivity contribution in [1.82, 2.24) is 5.32 Å². The first-order valence-corrected chi connectivity index (χ1v) is 8.69. The van der Waals surface area contributed by atoms with Crippen LogP contribution >= 0.6 is 11.8 Å². The Morgan fingerprint density at radius 2 is 2.26 bits per heavy atom. The van der Waals surface area contributed by atoms with E-state index in [4.69, 9.17) is 0 Å². The SMILES string of the molecule is Cc1cccc(CCC(C)NCC2CCCCS2)c1. The highest BCUT2D eigenvalue weighted by molar-refractivity contribution is 7.99. The molecular formula is C17H27NS. The van der Waals surface area contributed by atoms with Crippen molar-refractivity contribution in [3.05, 3.63) is 35.4 Å². The average Bonchev–Trinajstić information content (AvgIpc) is 2.44. The normalized spacial score (nSPS) is 21.3. The smallest absolute Gasteiger partial charge is 0.0172 e. The molecule has 1 aliphatic rings. The summed E-state index contributed by atoms with van der Waals surface area (Å²) in [6, 6.07) is 9.52. The first-order valence-electron chi connectivity index (χ1n) is 7.64. The summed E-state index contributed by atoms with van der Waals surface area (Å²) in [5, 5.41) is 4.57. The molecule has 1 nitrogen and oxygen atoms in total. The zero-order valence-corrected chi connectivity index (χ0v) is 13.1. The van der Waals surface area contributed by atoms with Gasteiger partial charge < -0.3 is 5.32 Å². The molecule has 1 saturated heterocycles. The van der Waals surface area contributed by atoms with Crippen LogP contribution in [0.4, 0.5) is 0 Å². The fourth-order valence-electron chi connectivity index (χ4n) is 2.65. The lowest BCUT2D eigenvalue weighted by Gasteiger charge is -2.23. The molecule has 2 atom stereocenters. The summed E-state index contributed by atoms with van der Waals surface area (Å²) in [5.74, 6) is 1.37. The van der Waals surface area contributed by atoms with Crippen LogP contribution in [-0.2, 0) is 6.42 Å². The predicted molar refractivity (Wildman–Crippen MR) is 87.1 cm³/mol. The van der Waals surface area contributed by atoms with Crippen molar-refractivity contribution in [3.63, 3.8) is 0 Å². The van der Waals surface area contributed by atoms with Crippen LogP contribution in [-0.4, -0.2) is 23.6 Å². The molecule has 0 bridgehead atoms. The van der Waals surface area contributed by atoms with E-state index in [-0.39, 0.29) is 0 Å². The molecular weight excluding hydrogens is 250 g/mol. The second kappa shape index (κ2) is 7.96. The minimum absolute atomic E-state index is 0.628. The fourth-order valence-corrected chi connectivity index (χ4v) is 3.91. The second-order valence-electron chi connectivity index (χ2n) is 5.83. The van der Waals surface area contributed by atoms with Gasteiger partial charge in [-0.2, -0.15) is 11.8 Å². The Labute approximate surface area is 122 Å². The Hall–Kier alpha value is -0.470. The van der Waals surface area contributed by atoms with Crippen molar-refractivity contribution >= 4 is 11.8 Å². The van der Waals surface area contributed by atoms with E-state index in [0.717, 1.165) is 5.25 Å².